The van der Waals surface area contributed by atoms with E-state index in [2.05, 4.69) is 41.2 Å². The molecular weight excluding hydrogens is 474 g/mol. The number of aromatic amines is 1. The first-order valence-corrected chi connectivity index (χ1v) is 13.3. The molecule has 1 saturated carbocycles. The zero-order chi connectivity index (χ0) is 26.1. The molecule has 196 valence electrons. The van der Waals surface area contributed by atoms with Gasteiger partial charge in [0.15, 0.2) is 5.43 Å². The van der Waals surface area contributed by atoms with Gasteiger partial charge in [0.05, 0.1) is 5.52 Å². The standard InChI is InChI=1S/C28H40ClN5O2/c1-7-33(22-10-8-21(9-11-22)32(5)6)26-14-20(29)13-24(18(26)3)28(36)30-16-25-19(4)34-23(15-27(25)35)12-17(2)31-34/h12-15,21-22,28,30-31,36H,7-11,16H2,1-6H3/t21-,22-,28?. The lowest BCUT2D eigenvalue weighted by atomic mass is 9.88. The monoisotopic (exact) mass is 513 g/mol. The third-order valence-corrected chi connectivity index (χ3v) is 8.12. The molecule has 3 N–H and O–H groups in total. The lowest BCUT2D eigenvalue weighted by Gasteiger charge is -2.40. The fourth-order valence-electron chi connectivity index (χ4n) is 5.78. The number of nitrogens with zero attached hydrogens (tertiary/aromatic N) is 3. The van der Waals surface area contributed by atoms with Crippen LogP contribution in [0.4, 0.5) is 5.69 Å². The Kier molecular flexibility index (Phi) is 8.15. The Morgan fingerprint density at radius 3 is 2.42 bits per heavy atom. The van der Waals surface area contributed by atoms with Gasteiger partial charge in [-0.25, -0.2) is 0 Å². The van der Waals surface area contributed by atoms with E-state index in [-0.39, 0.29) is 12.0 Å². The number of aryl methyl sites for hydroxylation is 2. The summed E-state index contributed by atoms with van der Waals surface area (Å²) in [4.78, 5) is 17.6. The average molecular weight is 514 g/mol. The third-order valence-electron chi connectivity index (χ3n) is 7.90. The SMILES string of the molecule is CCN(c1cc(Cl)cc(C(O)NCc2c(C)n3[nH]c(C)cc3cc2=O)c1C)[C@H]1CC[C@H](N(C)C)CC1. The van der Waals surface area contributed by atoms with Crippen LogP contribution in [0.3, 0.4) is 0 Å². The van der Waals surface area contributed by atoms with Gasteiger partial charge in [0.1, 0.15) is 6.23 Å². The highest BCUT2D eigenvalue weighted by atomic mass is 35.5. The Morgan fingerprint density at radius 1 is 1.11 bits per heavy atom. The molecule has 1 fully saturated rings. The maximum Gasteiger partial charge on any atom is 0.187 e. The summed E-state index contributed by atoms with van der Waals surface area (Å²) in [6, 6.07) is 8.53. The minimum Gasteiger partial charge on any atom is -0.374 e. The van der Waals surface area contributed by atoms with Crippen LogP contribution >= 0.6 is 11.6 Å². The van der Waals surface area contributed by atoms with E-state index >= 15 is 0 Å². The maximum atomic E-state index is 12.8. The van der Waals surface area contributed by atoms with Gasteiger partial charge in [-0.15, -0.1) is 0 Å². The van der Waals surface area contributed by atoms with Gasteiger partial charge in [-0.2, -0.15) is 0 Å². The van der Waals surface area contributed by atoms with E-state index in [1.54, 1.807) is 6.07 Å². The zero-order valence-electron chi connectivity index (χ0n) is 22.4. The highest BCUT2D eigenvalue weighted by Gasteiger charge is 2.28. The van der Waals surface area contributed by atoms with Gasteiger partial charge in [-0.1, -0.05) is 11.6 Å². The van der Waals surface area contributed by atoms with Crippen molar-refractivity contribution in [1.82, 2.24) is 19.8 Å². The lowest BCUT2D eigenvalue weighted by molar-refractivity contribution is 0.136. The first-order valence-electron chi connectivity index (χ1n) is 13.0. The molecule has 1 unspecified atom stereocenters. The molecule has 1 atom stereocenters. The zero-order valence-corrected chi connectivity index (χ0v) is 23.1. The van der Waals surface area contributed by atoms with Crippen molar-refractivity contribution < 1.29 is 5.11 Å². The minimum atomic E-state index is -0.949. The number of aliphatic hydroxyl groups is 1. The summed E-state index contributed by atoms with van der Waals surface area (Å²) in [6.07, 6.45) is 3.70. The van der Waals surface area contributed by atoms with E-state index in [1.807, 2.05) is 43.5 Å². The predicted molar refractivity (Wildman–Crippen MR) is 148 cm³/mol. The first-order chi connectivity index (χ1) is 17.1. The maximum absolute atomic E-state index is 12.8. The lowest BCUT2D eigenvalue weighted by Crippen LogP contribution is -2.42. The fourth-order valence-corrected chi connectivity index (χ4v) is 6.00. The van der Waals surface area contributed by atoms with Crippen LogP contribution in [0, 0.1) is 20.8 Å². The quantitative estimate of drug-likeness (QED) is 0.381. The third kappa shape index (κ3) is 5.35. The van der Waals surface area contributed by atoms with Crippen molar-refractivity contribution in [3.05, 3.63) is 67.6 Å². The number of aromatic nitrogens is 2. The van der Waals surface area contributed by atoms with Crippen LogP contribution in [0.15, 0.2) is 29.1 Å². The van der Waals surface area contributed by atoms with E-state index in [0.717, 1.165) is 53.1 Å². The van der Waals surface area contributed by atoms with Crippen LogP contribution in [0.25, 0.3) is 5.52 Å². The Bertz CT molecular complexity index is 1270. The van der Waals surface area contributed by atoms with Gasteiger partial charge in [0.25, 0.3) is 0 Å². The number of hydrogen-bond donors (Lipinski definition) is 3. The fraction of sp³-hybridized carbons (Fsp3) is 0.536. The van der Waals surface area contributed by atoms with Gasteiger partial charge in [0.2, 0.25) is 0 Å². The van der Waals surface area contributed by atoms with Crippen LogP contribution in [0.1, 0.15) is 66.9 Å². The number of benzene rings is 1. The second-order valence-electron chi connectivity index (χ2n) is 10.4. The van der Waals surface area contributed by atoms with Gasteiger partial charge in [0, 0.05) is 64.5 Å². The summed E-state index contributed by atoms with van der Waals surface area (Å²) in [5.74, 6) is 0. The molecule has 8 heteroatoms. The second-order valence-corrected chi connectivity index (χ2v) is 10.8. The van der Waals surface area contributed by atoms with E-state index < -0.39 is 6.23 Å². The van der Waals surface area contributed by atoms with Crippen LogP contribution in [0.2, 0.25) is 5.02 Å². The number of pyridine rings is 1. The van der Waals surface area contributed by atoms with E-state index in [0.29, 0.717) is 22.7 Å². The molecular formula is C28H40ClN5O2. The summed E-state index contributed by atoms with van der Waals surface area (Å²) in [5, 5.41) is 18.2. The van der Waals surface area contributed by atoms with Crippen molar-refractivity contribution in [2.45, 2.75) is 78.2 Å². The summed E-state index contributed by atoms with van der Waals surface area (Å²) in [7, 11) is 4.33. The van der Waals surface area contributed by atoms with Gasteiger partial charge >= 0.3 is 0 Å². The molecule has 3 aromatic rings. The minimum absolute atomic E-state index is 0.0415. The summed E-state index contributed by atoms with van der Waals surface area (Å²) >= 11 is 6.58. The molecule has 1 aliphatic carbocycles. The number of rotatable bonds is 8. The molecule has 0 saturated heterocycles. The number of halogens is 1. The molecule has 2 heterocycles. The topological polar surface area (TPSA) is 76.0 Å². The van der Waals surface area contributed by atoms with Crippen molar-refractivity contribution in [3.63, 3.8) is 0 Å². The molecule has 0 radical (unpaired) electrons. The number of anilines is 1. The number of hydrogen-bond acceptors (Lipinski definition) is 5. The van der Waals surface area contributed by atoms with Crippen molar-refractivity contribution in [1.29, 1.82) is 0 Å². The normalized spacial score (nSPS) is 19.2. The molecule has 1 aliphatic rings. The number of aliphatic hydroxyl groups excluding tert-OH is 1. The van der Waals surface area contributed by atoms with Gasteiger partial charge < -0.3 is 14.9 Å². The Labute approximate surface area is 219 Å². The molecule has 36 heavy (non-hydrogen) atoms. The van der Waals surface area contributed by atoms with E-state index in [1.165, 1.54) is 12.8 Å². The van der Waals surface area contributed by atoms with Crippen molar-refractivity contribution >= 4 is 22.8 Å². The van der Waals surface area contributed by atoms with Crippen molar-refractivity contribution in [2.75, 3.05) is 25.5 Å². The van der Waals surface area contributed by atoms with Crippen molar-refractivity contribution in [2.24, 2.45) is 0 Å². The van der Waals surface area contributed by atoms with Crippen molar-refractivity contribution in [3.8, 4) is 0 Å². The second kappa shape index (κ2) is 11.0. The molecule has 2 aromatic heterocycles. The number of fused-ring (bicyclic) bond motifs is 1. The number of H-pyrrole nitrogens is 1. The molecule has 1 aromatic carbocycles. The van der Waals surface area contributed by atoms with Crippen LogP contribution in [0.5, 0.6) is 0 Å². The largest absolute Gasteiger partial charge is 0.374 e. The Balaban J connectivity index is 1.55. The van der Waals surface area contributed by atoms with E-state index in [4.69, 9.17) is 11.6 Å². The highest BCUT2D eigenvalue weighted by molar-refractivity contribution is 6.31. The van der Waals surface area contributed by atoms with Gasteiger partial charge in [-0.3, -0.25) is 19.7 Å². The Morgan fingerprint density at radius 2 is 1.78 bits per heavy atom. The summed E-state index contributed by atoms with van der Waals surface area (Å²) < 4.78 is 1.91. The molecule has 4 rings (SSSR count). The molecule has 0 bridgehead atoms. The summed E-state index contributed by atoms with van der Waals surface area (Å²) in [5.41, 5.74) is 6.08. The predicted octanol–water partition coefficient (Wildman–Crippen LogP) is 4.69. The highest BCUT2D eigenvalue weighted by Crippen LogP contribution is 2.35. The first kappa shape index (κ1) is 26.7. The molecule has 7 nitrogen and oxygen atoms in total. The molecule has 0 amide bonds. The molecule has 0 aliphatic heterocycles. The number of nitrogens with one attached hydrogen (secondary N) is 2. The summed E-state index contributed by atoms with van der Waals surface area (Å²) in [6.45, 7) is 9.24. The Hall–Kier alpha value is -2.32. The van der Waals surface area contributed by atoms with Gasteiger partial charge in [-0.05, 0) is 91.2 Å². The molecule has 0 spiro atoms. The van der Waals surface area contributed by atoms with Crippen LogP contribution in [-0.2, 0) is 6.54 Å². The van der Waals surface area contributed by atoms with E-state index in [9.17, 15) is 9.90 Å². The average Bonchev–Trinajstić information content (AvgIpc) is 3.21. The van der Waals surface area contributed by atoms with Crippen LogP contribution < -0.4 is 15.6 Å². The smallest absolute Gasteiger partial charge is 0.187 e. The van der Waals surface area contributed by atoms with Crippen LogP contribution in [-0.4, -0.2) is 52.3 Å².